The third-order valence-corrected chi connectivity index (χ3v) is 7.87. The van der Waals surface area contributed by atoms with E-state index in [-0.39, 0.29) is 35.5 Å². The van der Waals surface area contributed by atoms with E-state index in [1.54, 1.807) is 29.6 Å². The van der Waals surface area contributed by atoms with E-state index in [1.165, 1.54) is 18.3 Å². The van der Waals surface area contributed by atoms with Gasteiger partial charge >= 0.3 is 0 Å². The maximum Gasteiger partial charge on any atom is 0.221 e. The Balaban J connectivity index is 2.06. The topological polar surface area (TPSA) is 92.3 Å². The summed E-state index contributed by atoms with van der Waals surface area (Å²) < 4.78 is 25.9. The molecule has 6 nitrogen and oxygen atoms in total. The van der Waals surface area contributed by atoms with Crippen molar-refractivity contribution in [3.05, 3.63) is 39.9 Å². The van der Waals surface area contributed by atoms with E-state index in [0.717, 1.165) is 11.3 Å². The van der Waals surface area contributed by atoms with Gasteiger partial charge in [0.2, 0.25) is 11.8 Å². The molecule has 0 spiro atoms. The number of sulfone groups is 1. The number of carbonyl (C=O) groups excluding carboxylic acids is 2. The lowest BCUT2D eigenvalue weighted by Crippen LogP contribution is -2.33. The van der Waals surface area contributed by atoms with E-state index in [0.29, 0.717) is 4.88 Å². The molecule has 0 saturated heterocycles. The molecule has 2 aromatic heterocycles. The number of nitrogens with one attached hydrogen (secondary N) is 2. The molecular formula is C15H18N2O4S3. The minimum absolute atomic E-state index is 0.000346. The second kappa shape index (κ2) is 8.41. The van der Waals surface area contributed by atoms with Gasteiger partial charge in [-0.2, -0.15) is 0 Å². The molecule has 0 saturated carbocycles. The van der Waals surface area contributed by atoms with Crippen molar-refractivity contribution in [2.24, 2.45) is 0 Å². The Morgan fingerprint density at radius 2 is 1.83 bits per heavy atom. The summed E-state index contributed by atoms with van der Waals surface area (Å²) in [5.74, 6) is -0.508. The molecule has 0 aromatic carbocycles. The van der Waals surface area contributed by atoms with E-state index in [4.69, 9.17) is 0 Å². The van der Waals surface area contributed by atoms with Crippen molar-refractivity contribution in [3.63, 3.8) is 0 Å². The minimum atomic E-state index is -3.57. The smallest absolute Gasteiger partial charge is 0.221 e. The van der Waals surface area contributed by atoms with Gasteiger partial charge in [0.25, 0.3) is 0 Å². The van der Waals surface area contributed by atoms with Crippen LogP contribution in [0.25, 0.3) is 0 Å². The molecule has 0 aliphatic carbocycles. The molecule has 1 atom stereocenters. The summed E-state index contributed by atoms with van der Waals surface area (Å²) in [6.45, 7) is 1.60. The van der Waals surface area contributed by atoms with E-state index >= 15 is 0 Å². The summed E-state index contributed by atoms with van der Waals surface area (Å²) in [4.78, 5) is 23.3. The molecule has 0 radical (unpaired) electrons. The van der Waals surface area contributed by atoms with Crippen LogP contribution in [0.2, 0.25) is 0 Å². The van der Waals surface area contributed by atoms with E-state index in [1.807, 2.05) is 5.38 Å². The normalized spacial score (nSPS) is 12.5. The van der Waals surface area contributed by atoms with Crippen LogP contribution in [-0.4, -0.2) is 33.3 Å². The van der Waals surface area contributed by atoms with Crippen molar-refractivity contribution in [2.75, 3.05) is 13.1 Å². The molecule has 2 N–H and O–H groups in total. The number of thiophene rings is 2. The molecule has 0 aliphatic heterocycles. The van der Waals surface area contributed by atoms with Gasteiger partial charge in [-0.3, -0.25) is 9.59 Å². The molecule has 130 valence electrons. The summed E-state index contributed by atoms with van der Waals surface area (Å²) in [6, 6.07) is 6.80. The Morgan fingerprint density at radius 3 is 2.42 bits per heavy atom. The van der Waals surface area contributed by atoms with Crippen LogP contribution < -0.4 is 10.6 Å². The average molecular weight is 387 g/mol. The summed E-state index contributed by atoms with van der Waals surface area (Å²) in [5.41, 5.74) is 0. The fourth-order valence-corrected chi connectivity index (χ4v) is 6.04. The first-order valence-corrected chi connectivity index (χ1v) is 10.5. The highest BCUT2D eigenvalue weighted by atomic mass is 32.2. The van der Waals surface area contributed by atoms with Gasteiger partial charge in [-0.25, -0.2) is 8.42 Å². The molecule has 0 fully saturated rings. The maximum absolute atomic E-state index is 12.8. The van der Waals surface area contributed by atoms with Crippen molar-refractivity contribution in [3.8, 4) is 0 Å². The van der Waals surface area contributed by atoms with Gasteiger partial charge in [0.05, 0.1) is 0 Å². The van der Waals surface area contributed by atoms with E-state index in [9.17, 15) is 18.0 Å². The maximum atomic E-state index is 12.8. The molecule has 1 unspecified atom stereocenters. The van der Waals surface area contributed by atoms with Crippen LogP contribution >= 0.6 is 22.7 Å². The van der Waals surface area contributed by atoms with Crippen LogP contribution in [0.15, 0.2) is 39.2 Å². The monoisotopic (exact) mass is 386 g/mol. The van der Waals surface area contributed by atoms with Crippen LogP contribution in [-0.2, 0) is 19.4 Å². The van der Waals surface area contributed by atoms with Crippen LogP contribution in [0.3, 0.4) is 0 Å². The quantitative estimate of drug-likeness (QED) is 0.725. The first kappa shape index (κ1) is 18.6. The molecule has 2 heterocycles. The average Bonchev–Trinajstić information content (AvgIpc) is 3.20. The Morgan fingerprint density at radius 1 is 1.12 bits per heavy atom. The summed E-state index contributed by atoms with van der Waals surface area (Å²) >= 11 is 2.51. The molecule has 2 amide bonds. The fourth-order valence-electron chi connectivity index (χ4n) is 2.05. The zero-order valence-corrected chi connectivity index (χ0v) is 15.5. The van der Waals surface area contributed by atoms with E-state index < -0.39 is 15.1 Å². The van der Waals surface area contributed by atoms with Crippen molar-refractivity contribution in [1.82, 2.24) is 10.6 Å². The summed E-state index contributed by atoms with van der Waals surface area (Å²) in [5, 5.41) is 7.89. The zero-order chi connectivity index (χ0) is 17.6. The Bertz CT molecular complexity index is 768. The highest BCUT2D eigenvalue weighted by molar-refractivity contribution is 7.93. The Labute approximate surface area is 148 Å². The molecule has 0 bridgehead atoms. The predicted molar refractivity (Wildman–Crippen MR) is 94.9 cm³/mol. The fraction of sp³-hybridized carbons (Fsp3) is 0.333. The third kappa shape index (κ3) is 4.89. The molecule has 0 aliphatic rings. The minimum Gasteiger partial charge on any atom is -0.356 e. The van der Waals surface area contributed by atoms with Gasteiger partial charge in [0.1, 0.15) is 9.46 Å². The third-order valence-electron chi connectivity index (χ3n) is 3.22. The number of hydrogen-bond donors (Lipinski definition) is 2. The van der Waals surface area contributed by atoms with Crippen molar-refractivity contribution < 1.29 is 18.0 Å². The second-order valence-corrected chi connectivity index (χ2v) is 9.30. The first-order chi connectivity index (χ1) is 11.4. The SMILES string of the molecule is CC(=O)NCCC(=O)NCC(c1cccs1)S(=O)(=O)c1cccs1. The molecule has 2 rings (SSSR count). The van der Waals surface area contributed by atoms with Crippen molar-refractivity contribution in [1.29, 1.82) is 0 Å². The molecule has 24 heavy (non-hydrogen) atoms. The standard InChI is InChI=1S/C15H18N2O4S3/c1-11(18)16-7-6-14(19)17-10-13(12-4-2-8-22-12)24(20,21)15-5-3-9-23-15/h2-5,8-9,13H,6-7,10H2,1H3,(H,16,18)(H,17,19). The molecule has 2 aromatic rings. The number of rotatable bonds is 8. The van der Waals surface area contributed by atoms with Gasteiger partial charge in [-0.1, -0.05) is 12.1 Å². The largest absolute Gasteiger partial charge is 0.356 e. The van der Waals surface area contributed by atoms with Gasteiger partial charge in [-0.15, -0.1) is 22.7 Å². The van der Waals surface area contributed by atoms with Crippen molar-refractivity contribution in [2.45, 2.75) is 22.8 Å². The second-order valence-electron chi connectivity index (χ2n) is 5.02. The summed E-state index contributed by atoms with van der Waals surface area (Å²) in [7, 11) is -3.57. The first-order valence-electron chi connectivity index (χ1n) is 7.23. The van der Waals surface area contributed by atoms with E-state index in [2.05, 4.69) is 10.6 Å². The van der Waals surface area contributed by atoms with Crippen molar-refractivity contribution >= 4 is 44.3 Å². The highest BCUT2D eigenvalue weighted by Crippen LogP contribution is 2.33. The van der Waals surface area contributed by atoms with Gasteiger partial charge in [0, 0.05) is 31.3 Å². The number of carbonyl (C=O) groups is 2. The molecule has 9 heteroatoms. The number of amides is 2. The van der Waals surface area contributed by atoms with Crippen LogP contribution in [0.5, 0.6) is 0 Å². The Hall–Kier alpha value is -1.71. The summed E-state index contributed by atoms with van der Waals surface area (Å²) in [6.07, 6.45) is 0.107. The lowest BCUT2D eigenvalue weighted by atomic mass is 10.3. The van der Waals surface area contributed by atoms with Crippen LogP contribution in [0.1, 0.15) is 23.5 Å². The van der Waals surface area contributed by atoms with Crippen LogP contribution in [0, 0.1) is 0 Å². The lowest BCUT2D eigenvalue weighted by molar-refractivity contribution is -0.121. The zero-order valence-electron chi connectivity index (χ0n) is 13.0. The number of hydrogen-bond acceptors (Lipinski definition) is 6. The lowest BCUT2D eigenvalue weighted by Gasteiger charge is -2.16. The van der Waals surface area contributed by atoms with Gasteiger partial charge in [-0.05, 0) is 22.9 Å². The van der Waals surface area contributed by atoms with Gasteiger partial charge in [0.15, 0.2) is 9.84 Å². The Kier molecular flexibility index (Phi) is 6.52. The van der Waals surface area contributed by atoms with Gasteiger partial charge < -0.3 is 10.6 Å². The molecular weight excluding hydrogens is 368 g/mol. The van der Waals surface area contributed by atoms with Crippen LogP contribution in [0.4, 0.5) is 0 Å². The highest BCUT2D eigenvalue weighted by Gasteiger charge is 2.31. The predicted octanol–water partition coefficient (Wildman–Crippen LogP) is 1.97.